The number of hydrogen-bond donors (Lipinski definition) is 1. The van der Waals surface area contributed by atoms with E-state index in [0.717, 1.165) is 17.7 Å². The maximum Gasteiger partial charge on any atom is 0.135 e. The van der Waals surface area contributed by atoms with Crippen LogP contribution in [0.4, 0.5) is 5.69 Å². The molecule has 0 aromatic heterocycles. The van der Waals surface area contributed by atoms with Crippen LogP contribution in [0.5, 0.6) is 0 Å². The first-order chi connectivity index (χ1) is 6.61. The van der Waals surface area contributed by atoms with E-state index in [-0.39, 0.29) is 5.92 Å². The van der Waals surface area contributed by atoms with E-state index < -0.39 is 0 Å². The molecule has 0 amide bonds. The number of rotatable bonds is 4. The van der Waals surface area contributed by atoms with Crippen LogP contribution in [0.15, 0.2) is 24.3 Å². The highest BCUT2D eigenvalue weighted by atomic mass is 16.1. The van der Waals surface area contributed by atoms with E-state index in [1.54, 1.807) is 0 Å². The van der Waals surface area contributed by atoms with Gasteiger partial charge >= 0.3 is 0 Å². The monoisotopic (exact) mass is 191 g/mol. The summed E-state index contributed by atoms with van der Waals surface area (Å²) >= 11 is 0. The summed E-state index contributed by atoms with van der Waals surface area (Å²) in [5.74, 6) is 0.424. The molecule has 76 valence electrons. The zero-order valence-electron chi connectivity index (χ0n) is 8.79. The van der Waals surface area contributed by atoms with Crippen LogP contribution >= 0.6 is 0 Å². The van der Waals surface area contributed by atoms with E-state index in [0.29, 0.717) is 12.2 Å². The number of benzene rings is 1. The minimum absolute atomic E-state index is 0.125. The summed E-state index contributed by atoms with van der Waals surface area (Å²) in [5, 5.41) is 0. The Kier molecular flexibility index (Phi) is 3.69. The molecule has 0 saturated heterocycles. The molecule has 0 aliphatic carbocycles. The van der Waals surface area contributed by atoms with Crippen molar-refractivity contribution in [2.75, 3.05) is 5.73 Å². The fourth-order valence-electron chi connectivity index (χ4n) is 1.31. The van der Waals surface area contributed by atoms with Gasteiger partial charge in [0.1, 0.15) is 5.78 Å². The third kappa shape index (κ3) is 2.87. The van der Waals surface area contributed by atoms with Crippen LogP contribution in [0.25, 0.3) is 0 Å². The number of nitrogens with two attached hydrogens (primary N) is 1. The fraction of sp³-hybridized carbons (Fsp3) is 0.417. The molecular formula is C12H17NO. The van der Waals surface area contributed by atoms with Gasteiger partial charge in [-0.05, 0) is 18.1 Å². The summed E-state index contributed by atoms with van der Waals surface area (Å²) in [6, 6.07) is 7.70. The van der Waals surface area contributed by atoms with Gasteiger partial charge < -0.3 is 5.73 Å². The summed E-state index contributed by atoms with van der Waals surface area (Å²) in [7, 11) is 0. The van der Waals surface area contributed by atoms with Crippen molar-refractivity contribution in [1.29, 1.82) is 0 Å². The number of carbonyl (C=O) groups is 1. The minimum atomic E-state index is 0.125. The summed E-state index contributed by atoms with van der Waals surface area (Å²) in [5.41, 5.74) is 7.62. The van der Waals surface area contributed by atoms with Gasteiger partial charge in [0.15, 0.2) is 0 Å². The lowest BCUT2D eigenvalue weighted by atomic mass is 10.0. The highest BCUT2D eigenvalue weighted by molar-refractivity contribution is 5.80. The quantitative estimate of drug-likeness (QED) is 0.743. The Bertz CT molecular complexity index is 318. The van der Waals surface area contributed by atoms with Crippen molar-refractivity contribution >= 4 is 11.5 Å². The summed E-state index contributed by atoms with van der Waals surface area (Å²) < 4.78 is 0. The topological polar surface area (TPSA) is 43.1 Å². The zero-order chi connectivity index (χ0) is 10.6. The summed E-state index contributed by atoms with van der Waals surface area (Å²) in [6.07, 6.45) is 1.34. The predicted molar refractivity (Wildman–Crippen MR) is 59.0 cm³/mol. The number of hydrogen-bond acceptors (Lipinski definition) is 2. The van der Waals surface area contributed by atoms with Crippen molar-refractivity contribution in [3.63, 3.8) is 0 Å². The first-order valence-corrected chi connectivity index (χ1v) is 4.97. The molecule has 2 nitrogen and oxygen atoms in total. The summed E-state index contributed by atoms with van der Waals surface area (Å²) in [4.78, 5) is 11.4. The number of Topliss-reactive ketones (excluding diaryl/α,β-unsaturated/α-hetero) is 1. The first kappa shape index (κ1) is 10.8. The molecule has 0 aliphatic rings. The van der Waals surface area contributed by atoms with Gasteiger partial charge in [0, 0.05) is 18.0 Å². The molecule has 1 aromatic carbocycles. The normalized spacial score (nSPS) is 10.5. The van der Waals surface area contributed by atoms with E-state index in [2.05, 4.69) is 0 Å². The van der Waals surface area contributed by atoms with Crippen LogP contribution < -0.4 is 5.73 Å². The lowest BCUT2D eigenvalue weighted by Gasteiger charge is -2.06. The number of aryl methyl sites for hydroxylation is 1. The smallest absolute Gasteiger partial charge is 0.135 e. The van der Waals surface area contributed by atoms with Crippen molar-refractivity contribution in [2.24, 2.45) is 5.92 Å². The Morgan fingerprint density at radius 1 is 1.36 bits per heavy atom. The van der Waals surface area contributed by atoms with Crippen molar-refractivity contribution in [3.05, 3.63) is 29.8 Å². The standard InChI is InChI=1S/C12H17NO/c1-9(2)12(14)8-7-10-5-3-4-6-11(10)13/h3-6,9H,7-8,13H2,1-2H3. The molecule has 2 N–H and O–H groups in total. The third-order valence-electron chi connectivity index (χ3n) is 2.34. The lowest BCUT2D eigenvalue weighted by Crippen LogP contribution is -2.08. The van der Waals surface area contributed by atoms with Gasteiger partial charge in [-0.25, -0.2) is 0 Å². The molecule has 1 aromatic rings. The Labute approximate surface area is 85.1 Å². The molecule has 0 spiro atoms. The maximum absolute atomic E-state index is 11.4. The van der Waals surface area contributed by atoms with Gasteiger partial charge in [0.05, 0.1) is 0 Å². The van der Waals surface area contributed by atoms with Crippen molar-refractivity contribution in [1.82, 2.24) is 0 Å². The van der Waals surface area contributed by atoms with Crippen molar-refractivity contribution in [3.8, 4) is 0 Å². The number of carbonyl (C=O) groups excluding carboxylic acids is 1. The van der Waals surface area contributed by atoms with Gasteiger partial charge in [0.25, 0.3) is 0 Å². The second-order valence-corrected chi connectivity index (χ2v) is 3.82. The van der Waals surface area contributed by atoms with Crippen LogP contribution in [-0.2, 0) is 11.2 Å². The van der Waals surface area contributed by atoms with Crippen LogP contribution in [0.2, 0.25) is 0 Å². The lowest BCUT2D eigenvalue weighted by molar-refractivity contribution is -0.121. The van der Waals surface area contributed by atoms with E-state index in [4.69, 9.17) is 5.73 Å². The molecule has 0 heterocycles. The molecule has 0 saturated carbocycles. The van der Waals surface area contributed by atoms with Crippen molar-refractivity contribution in [2.45, 2.75) is 26.7 Å². The van der Waals surface area contributed by atoms with Gasteiger partial charge in [-0.3, -0.25) is 4.79 Å². The Morgan fingerprint density at radius 2 is 2.00 bits per heavy atom. The zero-order valence-corrected chi connectivity index (χ0v) is 8.79. The Balaban J connectivity index is 2.54. The Morgan fingerprint density at radius 3 is 2.57 bits per heavy atom. The molecule has 0 unspecified atom stereocenters. The number of ketones is 1. The van der Waals surface area contributed by atoms with Gasteiger partial charge in [-0.2, -0.15) is 0 Å². The molecule has 0 atom stereocenters. The van der Waals surface area contributed by atoms with Gasteiger partial charge in [-0.15, -0.1) is 0 Å². The fourth-order valence-corrected chi connectivity index (χ4v) is 1.31. The SMILES string of the molecule is CC(C)C(=O)CCc1ccccc1N. The van der Waals surface area contributed by atoms with Crippen LogP contribution in [-0.4, -0.2) is 5.78 Å². The van der Waals surface area contributed by atoms with Crippen LogP contribution in [0.1, 0.15) is 25.8 Å². The largest absolute Gasteiger partial charge is 0.399 e. The highest BCUT2D eigenvalue weighted by Gasteiger charge is 2.07. The predicted octanol–water partition coefficient (Wildman–Crippen LogP) is 2.43. The van der Waals surface area contributed by atoms with Crippen LogP contribution in [0, 0.1) is 5.92 Å². The molecule has 2 heteroatoms. The van der Waals surface area contributed by atoms with Crippen molar-refractivity contribution < 1.29 is 4.79 Å². The maximum atomic E-state index is 11.4. The first-order valence-electron chi connectivity index (χ1n) is 4.97. The molecule has 0 radical (unpaired) electrons. The molecular weight excluding hydrogens is 174 g/mol. The number of anilines is 1. The highest BCUT2D eigenvalue weighted by Crippen LogP contribution is 2.13. The molecule has 14 heavy (non-hydrogen) atoms. The van der Waals surface area contributed by atoms with E-state index in [9.17, 15) is 4.79 Å². The minimum Gasteiger partial charge on any atom is -0.399 e. The van der Waals surface area contributed by atoms with E-state index in [1.165, 1.54) is 0 Å². The second-order valence-electron chi connectivity index (χ2n) is 3.82. The number of nitrogen functional groups attached to an aromatic ring is 1. The number of para-hydroxylation sites is 1. The third-order valence-corrected chi connectivity index (χ3v) is 2.34. The molecule has 0 bridgehead atoms. The molecule has 0 aliphatic heterocycles. The Hall–Kier alpha value is -1.31. The van der Waals surface area contributed by atoms with Gasteiger partial charge in [0.2, 0.25) is 0 Å². The van der Waals surface area contributed by atoms with E-state index in [1.807, 2.05) is 38.1 Å². The second kappa shape index (κ2) is 4.80. The average molecular weight is 191 g/mol. The summed E-state index contributed by atoms with van der Waals surface area (Å²) in [6.45, 7) is 3.85. The molecule has 0 fully saturated rings. The average Bonchev–Trinajstić information content (AvgIpc) is 2.16. The van der Waals surface area contributed by atoms with Crippen LogP contribution in [0.3, 0.4) is 0 Å². The molecule has 1 rings (SSSR count). The van der Waals surface area contributed by atoms with E-state index >= 15 is 0 Å². The van der Waals surface area contributed by atoms with Gasteiger partial charge in [-0.1, -0.05) is 32.0 Å².